The van der Waals surface area contributed by atoms with Crippen molar-refractivity contribution in [1.29, 1.82) is 0 Å². The van der Waals surface area contributed by atoms with Crippen molar-refractivity contribution in [3.63, 3.8) is 0 Å². The van der Waals surface area contributed by atoms with E-state index < -0.39 is 0 Å². The molecule has 0 saturated heterocycles. The second-order valence-corrected chi connectivity index (χ2v) is 7.17. The summed E-state index contributed by atoms with van der Waals surface area (Å²) in [6.07, 6.45) is 4.27. The van der Waals surface area contributed by atoms with Crippen LogP contribution < -0.4 is 11.1 Å². The first-order valence-electron chi connectivity index (χ1n) is 9.90. The number of benzene rings is 2. The van der Waals surface area contributed by atoms with Crippen LogP contribution in [-0.4, -0.2) is 22.6 Å². The minimum absolute atomic E-state index is 0.0321. The van der Waals surface area contributed by atoms with Gasteiger partial charge in [-0.15, -0.1) is 0 Å². The van der Waals surface area contributed by atoms with Gasteiger partial charge in [-0.05, 0) is 53.9 Å². The Kier molecular flexibility index (Phi) is 6.11. The van der Waals surface area contributed by atoms with Crippen LogP contribution in [0.4, 0.5) is 10.2 Å². The zero-order chi connectivity index (χ0) is 20.8. The summed E-state index contributed by atoms with van der Waals surface area (Å²) in [5.41, 5.74) is 11.1. The van der Waals surface area contributed by atoms with E-state index in [4.69, 9.17) is 10.7 Å². The van der Waals surface area contributed by atoms with Crippen molar-refractivity contribution >= 4 is 5.82 Å². The third-order valence-electron chi connectivity index (χ3n) is 4.89. The standard InChI is InChI=1S/C25H23FN4/c26-21-8-6-19(7-9-21)23-10-11-24(30-25(23)20-12-14-28-15-13-20)29-17-22(27)16-18-4-2-1-3-5-18/h1-15,22H,16-17,27H2,(H,29,30)/t22-/m0/s1. The van der Waals surface area contributed by atoms with E-state index in [0.29, 0.717) is 6.54 Å². The van der Waals surface area contributed by atoms with Crippen LogP contribution in [0.2, 0.25) is 0 Å². The highest BCUT2D eigenvalue weighted by Crippen LogP contribution is 2.31. The lowest BCUT2D eigenvalue weighted by atomic mass is 10.00. The van der Waals surface area contributed by atoms with E-state index >= 15 is 0 Å². The molecule has 0 saturated carbocycles. The number of pyridine rings is 2. The maximum Gasteiger partial charge on any atom is 0.126 e. The molecule has 5 heteroatoms. The number of aromatic nitrogens is 2. The van der Waals surface area contributed by atoms with E-state index in [1.165, 1.54) is 17.7 Å². The highest BCUT2D eigenvalue weighted by molar-refractivity contribution is 5.81. The molecule has 2 aromatic heterocycles. The molecule has 0 aliphatic carbocycles. The van der Waals surface area contributed by atoms with E-state index in [2.05, 4.69) is 22.4 Å². The maximum absolute atomic E-state index is 13.4. The van der Waals surface area contributed by atoms with Gasteiger partial charge in [0.1, 0.15) is 11.6 Å². The van der Waals surface area contributed by atoms with Gasteiger partial charge in [-0.3, -0.25) is 4.98 Å². The largest absolute Gasteiger partial charge is 0.368 e. The molecule has 0 spiro atoms. The molecule has 0 unspecified atom stereocenters. The Hall–Kier alpha value is -3.57. The monoisotopic (exact) mass is 398 g/mol. The van der Waals surface area contributed by atoms with Crippen molar-refractivity contribution in [2.24, 2.45) is 5.73 Å². The molecular weight excluding hydrogens is 375 g/mol. The predicted molar refractivity (Wildman–Crippen MR) is 119 cm³/mol. The Bertz CT molecular complexity index is 1080. The van der Waals surface area contributed by atoms with Crippen LogP contribution in [0.1, 0.15) is 5.56 Å². The van der Waals surface area contributed by atoms with Crippen LogP contribution in [0.5, 0.6) is 0 Å². The zero-order valence-electron chi connectivity index (χ0n) is 16.5. The van der Waals surface area contributed by atoms with Crippen molar-refractivity contribution < 1.29 is 4.39 Å². The van der Waals surface area contributed by atoms with Gasteiger partial charge in [-0.1, -0.05) is 42.5 Å². The molecule has 0 aliphatic rings. The average Bonchev–Trinajstić information content (AvgIpc) is 2.79. The Morgan fingerprint density at radius 3 is 2.30 bits per heavy atom. The quantitative estimate of drug-likeness (QED) is 0.463. The van der Waals surface area contributed by atoms with Gasteiger partial charge in [0.05, 0.1) is 5.69 Å². The summed E-state index contributed by atoms with van der Waals surface area (Å²) in [6.45, 7) is 0.605. The van der Waals surface area contributed by atoms with Gasteiger partial charge in [0, 0.05) is 36.1 Å². The molecule has 3 N–H and O–H groups in total. The van der Waals surface area contributed by atoms with Crippen LogP contribution in [0, 0.1) is 5.82 Å². The number of halogens is 1. The molecule has 2 aromatic carbocycles. The van der Waals surface area contributed by atoms with Gasteiger partial charge in [-0.25, -0.2) is 9.37 Å². The maximum atomic E-state index is 13.4. The van der Waals surface area contributed by atoms with Crippen LogP contribution in [0.3, 0.4) is 0 Å². The fourth-order valence-corrected chi connectivity index (χ4v) is 3.37. The zero-order valence-corrected chi connectivity index (χ0v) is 16.5. The molecule has 30 heavy (non-hydrogen) atoms. The molecule has 4 rings (SSSR count). The molecule has 0 bridgehead atoms. The lowest BCUT2D eigenvalue weighted by Gasteiger charge is -2.16. The summed E-state index contributed by atoms with van der Waals surface area (Å²) in [5.74, 6) is 0.485. The third kappa shape index (κ3) is 4.88. The fraction of sp³-hybridized carbons (Fsp3) is 0.120. The number of hydrogen-bond donors (Lipinski definition) is 2. The Labute approximate surface area is 175 Å². The van der Waals surface area contributed by atoms with Gasteiger partial charge in [0.15, 0.2) is 0 Å². The molecule has 150 valence electrons. The van der Waals surface area contributed by atoms with Crippen molar-refractivity contribution in [3.05, 3.63) is 103 Å². The van der Waals surface area contributed by atoms with Crippen LogP contribution in [0.25, 0.3) is 22.4 Å². The van der Waals surface area contributed by atoms with E-state index in [1.807, 2.05) is 42.5 Å². The van der Waals surface area contributed by atoms with E-state index in [-0.39, 0.29) is 11.9 Å². The molecule has 4 nitrogen and oxygen atoms in total. The summed E-state index contributed by atoms with van der Waals surface area (Å²) < 4.78 is 13.4. The Morgan fingerprint density at radius 1 is 0.833 bits per heavy atom. The van der Waals surface area contributed by atoms with Crippen molar-refractivity contribution in [2.45, 2.75) is 12.5 Å². The predicted octanol–water partition coefficient (Wildman–Crippen LogP) is 4.93. The number of hydrogen-bond acceptors (Lipinski definition) is 4. The molecule has 0 radical (unpaired) electrons. The van der Waals surface area contributed by atoms with Gasteiger partial charge >= 0.3 is 0 Å². The normalized spacial score (nSPS) is 11.8. The summed E-state index contributed by atoms with van der Waals surface area (Å²) in [6, 6.07) is 24.4. The van der Waals surface area contributed by atoms with Crippen molar-refractivity contribution in [2.75, 3.05) is 11.9 Å². The molecule has 4 aromatic rings. The topological polar surface area (TPSA) is 63.8 Å². The van der Waals surface area contributed by atoms with E-state index in [1.54, 1.807) is 24.5 Å². The molecule has 0 aliphatic heterocycles. The third-order valence-corrected chi connectivity index (χ3v) is 4.89. The highest BCUT2D eigenvalue weighted by atomic mass is 19.1. The van der Waals surface area contributed by atoms with E-state index in [0.717, 1.165) is 34.6 Å². The van der Waals surface area contributed by atoms with Crippen LogP contribution in [-0.2, 0) is 6.42 Å². The van der Waals surface area contributed by atoms with Crippen molar-refractivity contribution in [3.8, 4) is 22.4 Å². The molecule has 1 atom stereocenters. The van der Waals surface area contributed by atoms with Crippen LogP contribution >= 0.6 is 0 Å². The molecular formula is C25H23FN4. The minimum atomic E-state index is -0.261. The van der Waals surface area contributed by atoms with Gasteiger partial charge in [-0.2, -0.15) is 0 Å². The van der Waals surface area contributed by atoms with Crippen molar-refractivity contribution in [1.82, 2.24) is 9.97 Å². The molecule has 0 fully saturated rings. The number of rotatable bonds is 7. The molecule has 0 amide bonds. The second-order valence-electron chi connectivity index (χ2n) is 7.17. The Morgan fingerprint density at radius 2 is 1.57 bits per heavy atom. The smallest absolute Gasteiger partial charge is 0.126 e. The first kappa shape index (κ1) is 19.7. The lowest BCUT2D eigenvalue weighted by Crippen LogP contribution is -2.31. The summed E-state index contributed by atoms with van der Waals surface area (Å²) in [5, 5.41) is 3.35. The SMILES string of the molecule is N[C@H](CNc1ccc(-c2ccc(F)cc2)c(-c2ccncc2)n1)Cc1ccccc1. The summed E-state index contributed by atoms with van der Waals surface area (Å²) >= 11 is 0. The van der Waals surface area contributed by atoms with Crippen LogP contribution in [0.15, 0.2) is 91.3 Å². The number of nitrogens with zero attached hydrogens (tertiary/aromatic N) is 2. The average molecular weight is 398 g/mol. The minimum Gasteiger partial charge on any atom is -0.368 e. The first-order valence-corrected chi connectivity index (χ1v) is 9.90. The number of anilines is 1. The second kappa shape index (κ2) is 9.29. The lowest BCUT2D eigenvalue weighted by molar-refractivity contribution is 0.628. The van der Waals surface area contributed by atoms with Gasteiger partial charge < -0.3 is 11.1 Å². The van der Waals surface area contributed by atoms with Gasteiger partial charge in [0.25, 0.3) is 0 Å². The highest BCUT2D eigenvalue weighted by Gasteiger charge is 2.12. The molecule has 2 heterocycles. The number of nitrogens with two attached hydrogens (primary N) is 1. The summed E-state index contributed by atoms with van der Waals surface area (Å²) in [7, 11) is 0. The Balaban J connectivity index is 1.57. The fourth-order valence-electron chi connectivity index (χ4n) is 3.37. The first-order chi connectivity index (χ1) is 14.7. The van der Waals surface area contributed by atoms with E-state index in [9.17, 15) is 4.39 Å². The number of nitrogens with one attached hydrogen (secondary N) is 1. The summed E-state index contributed by atoms with van der Waals surface area (Å²) in [4.78, 5) is 8.93. The van der Waals surface area contributed by atoms with Gasteiger partial charge in [0.2, 0.25) is 0 Å².